The van der Waals surface area contributed by atoms with Gasteiger partial charge in [0, 0.05) is 19.1 Å². The topological polar surface area (TPSA) is 21.3 Å². The first-order chi connectivity index (χ1) is 6.93. The molecule has 3 fully saturated rings. The van der Waals surface area contributed by atoms with E-state index in [1.165, 1.54) is 45.2 Å². The third kappa shape index (κ3) is 1.82. The molecule has 0 amide bonds. The van der Waals surface area contributed by atoms with Crippen molar-refractivity contribution in [2.45, 2.75) is 38.2 Å². The fourth-order valence-electron chi connectivity index (χ4n) is 3.05. The molecule has 0 spiro atoms. The lowest BCUT2D eigenvalue weighted by atomic mass is 9.79. The SMILES string of the molecule is C1CC(OCC2CC2)[C@H]2CNC[C@H]2C1. The molecule has 0 bridgehead atoms. The molecule has 2 nitrogen and oxygen atoms in total. The van der Waals surface area contributed by atoms with Crippen LogP contribution in [0.4, 0.5) is 0 Å². The normalized spacial score (nSPS) is 42.4. The van der Waals surface area contributed by atoms with Gasteiger partial charge in [-0.1, -0.05) is 6.42 Å². The first-order valence-electron chi connectivity index (χ1n) is 6.26. The van der Waals surface area contributed by atoms with E-state index in [-0.39, 0.29) is 0 Å². The molecule has 2 saturated carbocycles. The van der Waals surface area contributed by atoms with E-state index in [1.54, 1.807) is 0 Å². The quantitative estimate of drug-likeness (QED) is 0.741. The molecule has 3 aliphatic rings. The van der Waals surface area contributed by atoms with E-state index in [0.29, 0.717) is 6.10 Å². The van der Waals surface area contributed by atoms with Crippen molar-refractivity contribution in [3.8, 4) is 0 Å². The number of ether oxygens (including phenoxy) is 1. The van der Waals surface area contributed by atoms with Crippen LogP contribution in [0.1, 0.15) is 32.1 Å². The van der Waals surface area contributed by atoms with Gasteiger partial charge in [0.1, 0.15) is 0 Å². The van der Waals surface area contributed by atoms with Gasteiger partial charge in [0.05, 0.1) is 6.10 Å². The summed E-state index contributed by atoms with van der Waals surface area (Å²) in [6.45, 7) is 3.50. The summed E-state index contributed by atoms with van der Waals surface area (Å²) < 4.78 is 6.08. The molecule has 1 heterocycles. The third-order valence-corrected chi connectivity index (χ3v) is 4.18. The molecular weight excluding hydrogens is 174 g/mol. The largest absolute Gasteiger partial charge is 0.378 e. The van der Waals surface area contributed by atoms with Crippen LogP contribution in [-0.4, -0.2) is 25.8 Å². The highest BCUT2D eigenvalue weighted by Gasteiger charge is 2.37. The van der Waals surface area contributed by atoms with Crippen LogP contribution in [0.25, 0.3) is 0 Å². The molecule has 2 aliphatic carbocycles. The predicted molar refractivity (Wildman–Crippen MR) is 56.2 cm³/mol. The van der Waals surface area contributed by atoms with E-state index in [2.05, 4.69) is 5.32 Å². The maximum atomic E-state index is 6.08. The molecule has 1 N–H and O–H groups in total. The van der Waals surface area contributed by atoms with Crippen LogP contribution < -0.4 is 5.32 Å². The van der Waals surface area contributed by atoms with Crippen LogP contribution in [-0.2, 0) is 4.74 Å². The standard InChI is InChI=1S/C12H21NO/c1-2-10-6-13-7-11(10)12(3-1)14-8-9-4-5-9/h9-13H,1-8H2/t10-,11+,12?/m1/s1. The van der Waals surface area contributed by atoms with E-state index in [9.17, 15) is 0 Å². The molecule has 14 heavy (non-hydrogen) atoms. The summed E-state index contributed by atoms with van der Waals surface area (Å²) in [5, 5.41) is 3.52. The number of rotatable bonds is 3. The summed E-state index contributed by atoms with van der Waals surface area (Å²) >= 11 is 0. The fourth-order valence-corrected chi connectivity index (χ4v) is 3.05. The van der Waals surface area contributed by atoms with Gasteiger partial charge in [-0.2, -0.15) is 0 Å². The van der Waals surface area contributed by atoms with Crippen molar-refractivity contribution >= 4 is 0 Å². The molecule has 3 rings (SSSR count). The van der Waals surface area contributed by atoms with Crippen LogP contribution in [0.5, 0.6) is 0 Å². The Kier molecular flexibility index (Phi) is 2.50. The smallest absolute Gasteiger partial charge is 0.0618 e. The average Bonchev–Trinajstić information content (AvgIpc) is 2.91. The zero-order valence-electron chi connectivity index (χ0n) is 8.87. The van der Waals surface area contributed by atoms with Gasteiger partial charge >= 0.3 is 0 Å². The monoisotopic (exact) mass is 195 g/mol. The molecule has 0 aromatic heterocycles. The van der Waals surface area contributed by atoms with E-state index in [4.69, 9.17) is 4.74 Å². The van der Waals surface area contributed by atoms with Crippen LogP contribution in [0, 0.1) is 17.8 Å². The van der Waals surface area contributed by atoms with Crippen molar-refractivity contribution in [1.82, 2.24) is 5.32 Å². The molecule has 2 heteroatoms. The van der Waals surface area contributed by atoms with E-state index < -0.39 is 0 Å². The van der Waals surface area contributed by atoms with Crippen LogP contribution in [0.3, 0.4) is 0 Å². The van der Waals surface area contributed by atoms with Crippen molar-refractivity contribution in [3.63, 3.8) is 0 Å². The molecule has 0 radical (unpaired) electrons. The number of fused-ring (bicyclic) bond motifs is 1. The molecule has 0 aromatic carbocycles. The Morgan fingerprint density at radius 1 is 1.07 bits per heavy atom. The minimum absolute atomic E-state index is 0.587. The van der Waals surface area contributed by atoms with Crippen LogP contribution in [0.2, 0.25) is 0 Å². The van der Waals surface area contributed by atoms with Gasteiger partial charge in [-0.15, -0.1) is 0 Å². The first kappa shape index (κ1) is 9.17. The van der Waals surface area contributed by atoms with Gasteiger partial charge in [0.15, 0.2) is 0 Å². The summed E-state index contributed by atoms with van der Waals surface area (Å²) in [5.41, 5.74) is 0. The second-order valence-corrected chi connectivity index (χ2v) is 5.33. The number of hydrogen-bond acceptors (Lipinski definition) is 2. The minimum atomic E-state index is 0.587. The maximum absolute atomic E-state index is 6.08. The summed E-state index contributed by atoms with van der Waals surface area (Å²) in [4.78, 5) is 0. The van der Waals surface area contributed by atoms with Crippen molar-refractivity contribution < 1.29 is 4.74 Å². The Labute approximate surface area is 86.4 Å². The highest BCUT2D eigenvalue weighted by Crippen LogP contribution is 2.36. The van der Waals surface area contributed by atoms with Gasteiger partial charge < -0.3 is 10.1 Å². The Bertz CT molecular complexity index is 202. The zero-order valence-corrected chi connectivity index (χ0v) is 8.87. The second kappa shape index (κ2) is 3.82. The molecule has 80 valence electrons. The molecule has 1 saturated heterocycles. The highest BCUT2D eigenvalue weighted by atomic mass is 16.5. The van der Waals surface area contributed by atoms with Crippen molar-refractivity contribution in [2.75, 3.05) is 19.7 Å². The van der Waals surface area contributed by atoms with Gasteiger partial charge in [-0.3, -0.25) is 0 Å². The second-order valence-electron chi connectivity index (χ2n) is 5.33. The van der Waals surface area contributed by atoms with Gasteiger partial charge in [-0.25, -0.2) is 0 Å². The van der Waals surface area contributed by atoms with Gasteiger partial charge in [0.25, 0.3) is 0 Å². The lowest BCUT2D eigenvalue weighted by Gasteiger charge is -2.33. The van der Waals surface area contributed by atoms with E-state index in [0.717, 1.165) is 24.4 Å². The van der Waals surface area contributed by atoms with Crippen molar-refractivity contribution in [2.24, 2.45) is 17.8 Å². The maximum Gasteiger partial charge on any atom is 0.0618 e. The first-order valence-corrected chi connectivity index (χ1v) is 6.26. The van der Waals surface area contributed by atoms with Crippen molar-refractivity contribution in [3.05, 3.63) is 0 Å². The van der Waals surface area contributed by atoms with Crippen LogP contribution >= 0.6 is 0 Å². The average molecular weight is 195 g/mol. The molecule has 0 aromatic rings. The lowest BCUT2D eigenvalue weighted by Crippen LogP contribution is -2.34. The third-order valence-electron chi connectivity index (χ3n) is 4.18. The Morgan fingerprint density at radius 2 is 2.00 bits per heavy atom. The van der Waals surface area contributed by atoms with Gasteiger partial charge in [0.2, 0.25) is 0 Å². The van der Waals surface area contributed by atoms with Crippen molar-refractivity contribution in [1.29, 1.82) is 0 Å². The summed E-state index contributed by atoms with van der Waals surface area (Å²) in [6, 6.07) is 0. The zero-order chi connectivity index (χ0) is 9.38. The molecule has 1 aliphatic heterocycles. The number of hydrogen-bond donors (Lipinski definition) is 1. The van der Waals surface area contributed by atoms with Crippen LogP contribution in [0.15, 0.2) is 0 Å². The molecule has 1 unspecified atom stereocenters. The molecule has 3 atom stereocenters. The van der Waals surface area contributed by atoms with E-state index in [1.807, 2.05) is 0 Å². The fraction of sp³-hybridized carbons (Fsp3) is 1.00. The summed E-state index contributed by atoms with van der Waals surface area (Å²) in [7, 11) is 0. The Balaban J connectivity index is 1.54. The Hall–Kier alpha value is -0.0800. The summed E-state index contributed by atoms with van der Waals surface area (Å²) in [6.07, 6.45) is 7.55. The molecular formula is C12H21NO. The highest BCUT2D eigenvalue weighted by molar-refractivity contribution is 4.90. The van der Waals surface area contributed by atoms with Gasteiger partial charge in [-0.05, 0) is 44.1 Å². The Morgan fingerprint density at radius 3 is 2.86 bits per heavy atom. The lowest BCUT2D eigenvalue weighted by molar-refractivity contribution is -0.0232. The predicted octanol–water partition coefficient (Wildman–Crippen LogP) is 1.80. The number of nitrogens with one attached hydrogen (secondary N) is 1. The van der Waals surface area contributed by atoms with E-state index >= 15 is 0 Å². The minimum Gasteiger partial charge on any atom is -0.378 e. The summed E-state index contributed by atoms with van der Waals surface area (Å²) in [5.74, 6) is 2.68.